The summed E-state index contributed by atoms with van der Waals surface area (Å²) in [6.45, 7) is 1.42. The summed E-state index contributed by atoms with van der Waals surface area (Å²) in [5.74, 6) is 0.397. The van der Waals surface area contributed by atoms with Crippen LogP contribution in [-0.2, 0) is 9.47 Å². The van der Waals surface area contributed by atoms with Gasteiger partial charge in [0.05, 0.1) is 35.7 Å². The van der Waals surface area contributed by atoms with Gasteiger partial charge in [-0.2, -0.15) is 10.1 Å². The number of hydrogen-bond acceptors (Lipinski definition) is 8. The number of ether oxygens (including phenoxy) is 2. The molecule has 0 aliphatic carbocycles. The van der Waals surface area contributed by atoms with Gasteiger partial charge in [0.1, 0.15) is 0 Å². The first kappa shape index (κ1) is 17.4. The molecule has 3 rings (SSSR count). The molecule has 0 amide bonds. The number of benzene rings is 1. The molecule has 2 N–H and O–H groups in total. The largest absolute Gasteiger partial charge is 0.465 e. The van der Waals surface area contributed by atoms with Gasteiger partial charge in [0, 0.05) is 13.2 Å². The van der Waals surface area contributed by atoms with Gasteiger partial charge >= 0.3 is 5.97 Å². The minimum atomic E-state index is -0.445. The molecule has 8 nitrogen and oxygen atoms in total. The van der Waals surface area contributed by atoms with Crippen molar-refractivity contribution >= 4 is 35.0 Å². The van der Waals surface area contributed by atoms with Crippen LogP contribution in [0.15, 0.2) is 24.4 Å². The van der Waals surface area contributed by atoms with Gasteiger partial charge in [-0.3, -0.25) is 0 Å². The highest BCUT2D eigenvalue weighted by Gasteiger charge is 2.15. The van der Waals surface area contributed by atoms with E-state index in [2.05, 4.69) is 25.8 Å². The van der Waals surface area contributed by atoms with Crippen molar-refractivity contribution in [2.24, 2.45) is 0 Å². The van der Waals surface area contributed by atoms with Gasteiger partial charge in [-0.25, -0.2) is 4.79 Å². The lowest BCUT2D eigenvalue weighted by Gasteiger charge is -2.12. The molecule has 0 radical (unpaired) electrons. The maximum absolute atomic E-state index is 11.6. The molecule has 9 heteroatoms. The average molecular weight is 364 g/mol. The number of rotatable bonds is 6. The molecule has 1 aliphatic rings. The SMILES string of the molecule is COC(=O)c1ccc(Cl)c(Nc2cnnc(NCC3CCCO3)n2)c1. The smallest absolute Gasteiger partial charge is 0.337 e. The highest BCUT2D eigenvalue weighted by Crippen LogP contribution is 2.26. The van der Waals surface area contributed by atoms with Crippen LogP contribution in [0.2, 0.25) is 5.02 Å². The van der Waals surface area contributed by atoms with Crippen LogP contribution in [0, 0.1) is 0 Å². The zero-order valence-corrected chi connectivity index (χ0v) is 14.4. The first-order chi connectivity index (χ1) is 12.2. The summed E-state index contributed by atoms with van der Waals surface area (Å²) in [4.78, 5) is 16.0. The molecule has 0 bridgehead atoms. The lowest BCUT2D eigenvalue weighted by atomic mass is 10.2. The molecule has 1 aromatic carbocycles. The molecule has 1 aromatic heterocycles. The number of esters is 1. The van der Waals surface area contributed by atoms with Crippen LogP contribution in [-0.4, -0.2) is 47.5 Å². The zero-order chi connectivity index (χ0) is 17.6. The molecule has 1 unspecified atom stereocenters. The molecule has 0 spiro atoms. The second kappa shape index (κ2) is 8.09. The lowest BCUT2D eigenvalue weighted by molar-refractivity contribution is 0.0601. The van der Waals surface area contributed by atoms with E-state index in [1.165, 1.54) is 13.3 Å². The quantitative estimate of drug-likeness (QED) is 0.756. The summed E-state index contributed by atoms with van der Waals surface area (Å²) in [7, 11) is 1.32. The Bertz CT molecular complexity index is 752. The number of methoxy groups -OCH3 is 1. The zero-order valence-electron chi connectivity index (χ0n) is 13.7. The predicted octanol–water partition coefficient (Wildman–Crippen LogP) is 2.65. The number of aromatic nitrogens is 3. The topological polar surface area (TPSA) is 98.3 Å². The Morgan fingerprint density at radius 2 is 2.36 bits per heavy atom. The van der Waals surface area contributed by atoms with E-state index in [1.807, 2.05) is 0 Å². The number of nitrogens with one attached hydrogen (secondary N) is 2. The molecule has 1 saturated heterocycles. The fourth-order valence-corrected chi connectivity index (χ4v) is 2.62. The Morgan fingerprint density at radius 1 is 1.48 bits per heavy atom. The van der Waals surface area contributed by atoms with Crippen molar-refractivity contribution in [3.63, 3.8) is 0 Å². The van der Waals surface area contributed by atoms with E-state index in [0.29, 0.717) is 34.6 Å². The van der Waals surface area contributed by atoms with E-state index in [9.17, 15) is 4.79 Å². The van der Waals surface area contributed by atoms with E-state index < -0.39 is 5.97 Å². The van der Waals surface area contributed by atoms with Crippen molar-refractivity contribution in [2.45, 2.75) is 18.9 Å². The Labute approximate surface area is 149 Å². The highest BCUT2D eigenvalue weighted by atomic mass is 35.5. The number of nitrogens with zero attached hydrogens (tertiary/aromatic N) is 3. The number of anilines is 3. The monoisotopic (exact) mass is 363 g/mol. The van der Waals surface area contributed by atoms with Crippen molar-refractivity contribution in [2.75, 3.05) is 30.9 Å². The number of halogens is 1. The van der Waals surface area contributed by atoms with Crippen LogP contribution in [0.5, 0.6) is 0 Å². The molecule has 1 atom stereocenters. The van der Waals surface area contributed by atoms with E-state index in [4.69, 9.17) is 21.1 Å². The molecule has 1 fully saturated rings. The minimum absolute atomic E-state index is 0.173. The van der Waals surface area contributed by atoms with E-state index in [-0.39, 0.29) is 6.10 Å². The minimum Gasteiger partial charge on any atom is -0.465 e. The van der Waals surface area contributed by atoms with Gasteiger partial charge in [0.2, 0.25) is 5.95 Å². The first-order valence-corrected chi connectivity index (χ1v) is 8.23. The summed E-state index contributed by atoms with van der Waals surface area (Å²) < 4.78 is 10.3. The summed E-state index contributed by atoms with van der Waals surface area (Å²) >= 11 is 6.17. The molecular weight excluding hydrogens is 346 g/mol. The summed E-state index contributed by atoms with van der Waals surface area (Å²) in [6.07, 6.45) is 3.74. The molecule has 25 heavy (non-hydrogen) atoms. The van der Waals surface area contributed by atoms with Gasteiger partial charge < -0.3 is 20.1 Å². The third kappa shape index (κ3) is 4.55. The maximum atomic E-state index is 11.6. The van der Waals surface area contributed by atoms with Crippen molar-refractivity contribution in [1.82, 2.24) is 15.2 Å². The van der Waals surface area contributed by atoms with Gasteiger partial charge in [-0.15, -0.1) is 5.10 Å². The standard InChI is InChI=1S/C16H18ClN5O3/c1-24-15(23)10-4-5-12(17)13(7-10)20-14-9-19-22-16(21-14)18-8-11-3-2-6-25-11/h4-5,7,9,11H,2-3,6,8H2,1H3,(H2,18,20,21,22). The normalized spacial score (nSPS) is 16.5. The van der Waals surface area contributed by atoms with Crippen LogP contribution in [0.4, 0.5) is 17.5 Å². The Hall–Kier alpha value is -2.45. The number of hydrogen-bond donors (Lipinski definition) is 2. The average Bonchev–Trinajstić information content (AvgIpc) is 3.15. The van der Waals surface area contributed by atoms with Crippen LogP contribution in [0.3, 0.4) is 0 Å². The second-order valence-electron chi connectivity index (χ2n) is 5.49. The molecule has 132 valence electrons. The number of carbonyl (C=O) groups is 1. The number of carbonyl (C=O) groups excluding carboxylic acids is 1. The highest BCUT2D eigenvalue weighted by molar-refractivity contribution is 6.33. The van der Waals surface area contributed by atoms with E-state index in [1.54, 1.807) is 18.2 Å². The molecular formula is C16H18ClN5O3. The Balaban J connectivity index is 1.70. The predicted molar refractivity (Wildman–Crippen MR) is 93.4 cm³/mol. The summed E-state index contributed by atoms with van der Waals surface area (Å²) in [5.41, 5.74) is 0.906. The lowest BCUT2D eigenvalue weighted by Crippen LogP contribution is -2.20. The molecule has 2 heterocycles. The summed E-state index contributed by atoms with van der Waals surface area (Å²) in [6, 6.07) is 4.79. The first-order valence-electron chi connectivity index (χ1n) is 7.86. The van der Waals surface area contributed by atoms with E-state index in [0.717, 1.165) is 19.4 Å². The van der Waals surface area contributed by atoms with Gasteiger partial charge in [-0.1, -0.05) is 11.6 Å². The molecule has 1 aliphatic heterocycles. The van der Waals surface area contributed by atoms with Crippen molar-refractivity contribution < 1.29 is 14.3 Å². The summed E-state index contributed by atoms with van der Waals surface area (Å²) in [5, 5.41) is 14.5. The second-order valence-corrected chi connectivity index (χ2v) is 5.90. The van der Waals surface area contributed by atoms with Crippen molar-refractivity contribution in [3.8, 4) is 0 Å². The Morgan fingerprint density at radius 3 is 3.12 bits per heavy atom. The third-order valence-electron chi connectivity index (χ3n) is 3.72. The van der Waals surface area contributed by atoms with Gasteiger partial charge in [0.15, 0.2) is 5.82 Å². The van der Waals surface area contributed by atoms with E-state index >= 15 is 0 Å². The van der Waals surface area contributed by atoms with Gasteiger partial charge in [0.25, 0.3) is 0 Å². The van der Waals surface area contributed by atoms with Crippen molar-refractivity contribution in [3.05, 3.63) is 35.0 Å². The fourth-order valence-electron chi connectivity index (χ4n) is 2.45. The van der Waals surface area contributed by atoms with Crippen LogP contribution in [0.25, 0.3) is 0 Å². The molecule has 2 aromatic rings. The third-order valence-corrected chi connectivity index (χ3v) is 4.05. The van der Waals surface area contributed by atoms with Gasteiger partial charge in [-0.05, 0) is 31.0 Å². The Kier molecular flexibility index (Phi) is 5.62. The van der Waals surface area contributed by atoms with Crippen LogP contribution < -0.4 is 10.6 Å². The fraction of sp³-hybridized carbons (Fsp3) is 0.375. The molecule has 0 saturated carbocycles. The van der Waals surface area contributed by atoms with Crippen LogP contribution >= 0.6 is 11.6 Å². The van der Waals surface area contributed by atoms with Crippen LogP contribution in [0.1, 0.15) is 23.2 Å². The maximum Gasteiger partial charge on any atom is 0.337 e. The van der Waals surface area contributed by atoms with Crippen molar-refractivity contribution in [1.29, 1.82) is 0 Å².